The number of likely N-dealkylation sites (tertiary alicyclic amines) is 1. The van der Waals surface area contributed by atoms with E-state index in [2.05, 4.69) is 19.2 Å². The summed E-state index contributed by atoms with van der Waals surface area (Å²) in [4.78, 5) is 14.3. The van der Waals surface area contributed by atoms with Gasteiger partial charge in [0, 0.05) is 13.1 Å². The topological polar surface area (TPSA) is 52.6 Å². The number of hydrogen-bond donors (Lipinski definition) is 2. The fraction of sp³-hybridized carbons (Fsp3) is 0.933. The van der Waals surface area contributed by atoms with Gasteiger partial charge in [-0.05, 0) is 50.4 Å². The Morgan fingerprint density at radius 1 is 1.26 bits per heavy atom. The Morgan fingerprint density at radius 2 is 1.95 bits per heavy atom. The van der Waals surface area contributed by atoms with Gasteiger partial charge in [-0.2, -0.15) is 0 Å². The second kappa shape index (κ2) is 6.12. The zero-order valence-corrected chi connectivity index (χ0v) is 12.3. The summed E-state index contributed by atoms with van der Waals surface area (Å²) in [7, 11) is 0. The first-order valence-electron chi connectivity index (χ1n) is 7.72. The van der Waals surface area contributed by atoms with Crippen LogP contribution in [-0.4, -0.2) is 41.3 Å². The lowest BCUT2D eigenvalue weighted by molar-refractivity contribution is 0.0963. The summed E-state index contributed by atoms with van der Waals surface area (Å²) in [5.41, 5.74) is -0.371. The van der Waals surface area contributed by atoms with Crippen molar-refractivity contribution in [1.29, 1.82) is 0 Å². The second-order valence-electron chi connectivity index (χ2n) is 6.74. The molecule has 2 N–H and O–H groups in total. The van der Waals surface area contributed by atoms with E-state index < -0.39 is 0 Å². The van der Waals surface area contributed by atoms with Crippen LogP contribution in [0.5, 0.6) is 0 Å². The summed E-state index contributed by atoms with van der Waals surface area (Å²) in [5.74, 6) is 1.31. The van der Waals surface area contributed by atoms with Gasteiger partial charge in [-0.1, -0.05) is 13.8 Å². The van der Waals surface area contributed by atoms with E-state index >= 15 is 0 Å². The molecule has 0 aromatic heterocycles. The normalized spacial score (nSPS) is 36.1. The number of nitrogens with one attached hydrogen (secondary N) is 1. The van der Waals surface area contributed by atoms with Gasteiger partial charge in [-0.3, -0.25) is 0 Å². The summed E-state index contributed by atoms with van der Waals surface area (Å²) < 4.78 is 0. The van der Waals surface area contributed by atoms with Gasteiger partial charge in [0.2, 0.25) is 0 Å². The third kappa shape index (κ3) is 3.62. The number of carbonyl (C=O) groups is 1. The van der Waals surface area contributed by atoms with Crippen molar-refractivity contribution in [3.63, 3.8) is 0 Å². The summed E-state index contributed by atoms with van der Waals surface area (Å²) in [6.07, 6.45) is 6.30. The second-order valence-corrected chi connectivity index (χ2v) is 6.74. The monoisotopic (exact) mass is 268 g/mol. The Balaban J connectivity index is 1.92. The van der Waals surface area contributed by atoms with Crippen LogP contribution in [0.1, 0.15) is 52.4 Å². The van der Waals surface area contributed by atoms with E-state index in [-0.39, 0.29) is 18.2 Å². The first-order valence-corrected chi connectivity index (χ1v) is 7.72. The first kappa shape index (κ1) is 14.6. The van der Waals surface area contributed by atoms with Crippen LogP contribution in [0.2, 0.25) is 0 Å². The van der Waals surface area contributed by atoms with E-state index in [0.717, 1.165) is 45.2 Å². The lowest BCUT2D eigenvalue weighted by atomic mass is 9.77. The number of nitrogens with zero attached hydrogens (tertiary/aromatic N) is 1. The molecule has 2 amide bonds. The number of rotatable bonds is 2. The molecule has 1 unspecified atom stereocenters. The van der Waals surface area contributed by atoms with E-state index in [9.17, 15) is 9.90 Å². The van der Waals surface area contributed by atoms with Crippen molar-refractivity contribution in [3.8, 4) is 0 Å². The van der Waals surface area contributed by atoms with Crippen LogP contribution in [0, 0.1) is 11.8 Å². The number of hydrogen-bond acceptors (Lipinski definition) is 2. The largest absolute Gasteiger partial charge is 0.394 e. The van der Waals surface area contributed by atoms with E-state index in [1.54, 1.807) is 0 Å². The molecule has 1 atom stereocenters. The molecule has 0 spiro atoms. The van der Waals surface area contributed by atoms with Gasteiger partial charge in [0.25, 0.3) is 0 Å². The Morgan fingerprint density at radius 3 is 2.53 bits per heavy atom. The van der Waals surface area contributed by atoms with Crippen LogP contribution >= 0.6 is 0 Å². The van der Waals surface area contributed by atoms with Gasteiger partial charge >= 0.3 is 6.03 Å². The minimum absolute atomic E-state index is 0.0233. The molecule has 110 valence electrons. The van der Waals surface area contributed by atoms with E-state index in [4.69, 9.17) is 0 Å². The molecule has 2 rings (SSSR count). The van der Waals surface area contributed by atoms with Crippen molar-refractivity contribution in [2.24, 2.45) is 11.8 Å². The Kier molecular flexibility index (Phi) is 4.71. The van der Waals surface area contributed by atoms with Crippen LogP contribution in [0.15, 0.2) is 0 Å². The number of carbonyl (C=O) groups excluding carboxylic acids is 1. The molecule has 4 nitrogen and oxygen atoms in total. The molecule has 1 saturated heterocycles. The fourth-order valence-electron chi connectivity index (χ4n) is 3.32. The van der Waals surface area contributed by atoms with Crippen molar-refractivity contribution < 1.29 is 9.90 Å². The molecule has 1 saturated carbocycles. The Hall–Kier alpha value is -0.770. The molecular weight excluding hydrogens is 240 g/mol. The molecule has 1 aliphatic heterocycles. The molecule has 0 bridgehead atoms. The van der Waals surface area contributed by atoms with Crippen molar-refractivity contribution >= 4 is 6.03 Å². The average molecular weight is 268 g/mol. The van der Waals surface area contributed by atoms with Crippen molar-refractivity contribution in [2.45, 2.75) is 57.9 Å². The minimum Gasteiger partial charge on any atom is -0.394 e. The van der Waals surface area contributed by atoms with Crippen LogP contribution in [0.3, 0.4) is 0 Å². The highest BCUT2D eigenvalue weighted by Gasteiger charge is 2.36. The van der Waals surface area contributed by atoms with Crippen LogP contribution < -0.4 is 5.32 Å². The zero-order valence-electron chi connectivity index (χ0n) is 12.3. The molecule has 1 aliphatic carbocycles. The van der Waals surface area contributed by atoms with Gasteiger partial charge in [0.1, 0.15) is 0 Å². The first-order chi connectivity index (χ1) is 9.04. The van der Waals surface area contributed by atoms with Crippen molar-refractivity contribution in [1.82, 2.24) is 10.2 Å². The van der Waals surface area contributed by atoms with Crippen LogP contribution in [-0.2, 0) is 0 Å². The van der Waals surface area contributed by atoms with Crippen molar-refractivity contribution in [3.05, 3.63) is 0 Å². The highest BCUT2D eigenvalue weighted by atomic mass is 16.3. The Labute approximate surface area is 116 Å². The van der Waals surface area contributed by atoms with E-state index in [1.807, 2.05) is 4.90 Å². The smallest absolute Gasteiger partial charge is 0.317 e. The number of urea groups is 1. The van der Waals surface area contributed by atoms with Crippen LogP contribution in [0.4, 0.5) is 4.79 Å². The lowest BCUT2D eigenvalue weighted by Crippen LogP contribution is -2.58. The molecule has 0 radical (unpaired) electrons. The van der Waals surface area contributed by atoms with Gasteiger partial charge < -0.3 is 15.3 Å². The number of amides is 2. The molecule has 1 heterocycles. The third-order valence-electron chi connectivity index (χ3n) is 4.85. The number of piperidine rings is 1. The van der Waals surface area contributed by atoms with E-state index in [0.29, 0.717) is 11.8 Å². The molecule has 2 aliphatic rings. The third-order valence-corrected chi connectivity index (χ3v) is 4.85. The SMILES string of the molecule is CC1CCC(CO)(NC(=O)N2CCCC(C)C2)CC1. The molecule has 0 aromatic rings. The maximum absolute atomic E-state index is 12.4. The fourth-order valence-corrected chi connectivity index (χ4v) is 3.32. The standard InChI is InChI=1S/C15H28N2O2/c1-12-5-7-15(11-18,8-6-12)16-14(19)17-9-3-4-13(2)10-17/h12-13,18H,3-11H2,1-2H3,(H,16,19). The predicted molar refractivity (Wildman–Crippen MR) is 76.0 cm³/mol. The highest BCUT2D eigenvalue weighted by Crippen LogP contribution is 2.32. The summed E-state index contributed by atoms with van der Waals surface area (Å²) in [5, 5.41) is 12.8. The molecular formula is C15H28N2O2. The number of aliphatic hydroxyl groups is 1. The van der Waals surface area contributed by atoms with Gasteiger partial charge in [0.15, 0.2) is 0 Å². The highest BCUT2D eigenvalue weighted by molar-refractivity contribution is 5.75. The summed E-state index contributed by atoms with van der Waals surface area (Å²) in [6, 6.07) is 0.0233. The lowest BCUT2D eigenvalue weighted by Gasteiger charge is -2.41. The van der Waals surface area contributed by atoms with Crippen molar-refractivity contribution in [2.75, 3.05) is 19.7 Å². The van der Waals surface area contributed by atoms with Gasteiger partial charge in [-0.15, -0.1) is 0 Å². The van der Waals surface area contributed by atoms with Gasteiger partial charge in [-0.25, -0.2) is 4.79 Å². The number of aliphatic hydroxyl groups excluding tert-OH is 1. The Bertz CT molecular complexity index is 311. The summed E-state index contributed by atoms with van der Waals surface area (Å²) >= 11 is 0. The molecule has 2 fully saturated rings. The molecule has 0 aromatic carbocycles. The zero-order chi connectivity index (χ0) is 13.9. The predicted octanol–water partition coefficient (Wildman–Crippen LogP) is 2.37. The maximum Gasteiger partial charge on any atom is 0.317 e. The summed E-state index contributed by atoms with van der Waals surface area (Å²) in [6.45, 7) is 6.21. The van der Waals surface area contributed by atoms with E-state index in [1.165, 1.54) is 6.42 Å². The van der Waals surface area contributed by atoms with Crippen LogP contribution in [0.25, 0.3) is 0 Å². The molecule has 19 heavy (non-hydrogen) atoms. The average Bonchev–Trinajstić information content (AvgIpc) is 2.42. The molecule has 4 heteroatoms. The minimum atomic E-state index is -0.371. The van der Waals surface area contributed by atoms with Gasteiger partial charge in [0.05, 0.1) is 12.1 Å². The maximum atomic E-state index is 12.4. The quantitative estimate of drug-likeness (QED) is 0.808.